The predicted molar refractivity (Wildman–Crippen MR) is 68.2 cm³/mol. The molecule has 0 spiro atoms. The fourth-order valence-electron chi connectivity index (χ4n) is 1.09. The van der Waals surface area contributed by atoms with E-state index in [0.717, 1.165) is 6.42 Å². The Bertz CT molecular complexity index is 304. The summed E-state index contributed by atoms with van der Waals surface area (Å²) in [5.74, 6) is 0.119. The van der Waals surface area contributed by atoms with Gasteiger partial charge in [0.25, 0.3) is 0 Å². The Labute approximate surface area is 101 Å². The molecule has 0 aromatic rings. The van der Waals surface area contributed by atoms with Gasteiger partial charge in [-0.2, -0.15) is 0 Å². The van der Waals surface area contributed by atoms with Gasteiger partial charge in [0.1, 0.15) is 0 Å². The van der Waals surface area contributed by atoms with Crippen molar-refractivity contribution in [2.45, 2.75) is 31.4 Å². The van der Waals surface area contributed by atoms with Gasteiger partial charge in [0, 0.05) is 28.9 Å². The summed E-state index contributed by atoms with van der Waals surface area (Å²) in [4.78, 5) is 0. The van der Waals surface area contributed by atoms with E-state index in [1.54, 1.807) is 6.26 Å². The van der Waals surface area contributed by atoms with Crippen LogP contribution in [0, 0.1) is 0 Å². The van der Waals surface area contributed by atoms with E-state index >= 15 is 0 Å². The van der Waals surface area contributed by atoms with E-state index in [1.165, 1.54) is 0 Å². The Morgan fingerprint density at radius 2 is 2.00 bits per heavy atom. The number of unbranched alkanes of at least 4 members (excludes halogenated alkanes) is 1. The highest BCUT2D eigenvalue weighted by atomic mass is 32.2. The smallest absolute Gasteiger partial charge is 0.211 e. The van der Waals surface area contributed by atoms with E-state index in [4.69, 9.17) is 5.73 Å². The summed E-state index contributed by atoms with van der Waals surface area (Å²) in [5, 5.41) is 0.0201. The Morgan fingerprint density at radius 3 is 2.50 bits per heavy atom. The summed E-state index contributed by atoms with van der Waals surface area (Å²) in [6.07, 6.45) is 3.52. The minimum Gasteiger partial charge on any atom is -0.330 e. The summed E-state index contributed by atoms with van der Waals surface area (Å²) in [5.41, 5.74) is 5.28. The molecular formula is C9H22N2O3S2. The zero-order chi connectivity index (χ0) is 12.6. The van der Waals surface area contributed by atoms with Crippen molar-refractivity contribution in [2.75, 3.05) is 25.1 Å². The molecule has 3 N–H and O–H groups in total. The molecule has 2 unspecified atom stereocenters. The van der Waals surface area contributed by atoms with Crippen LogP contribution in [0.25, 0.3) is 0 Å². The lowest BCUT2D eigenvalue weighted by Crippen LogP contribution is -2.29. The first-order chi connectivity index (χ1) is 7.39. The van der Waals surface area contributed by atoms with Crippen LogP contribution < -0.4 is 10.5 Å². The molecule has 0 aliphatic carbocycles. The average Bonchev–Trinajstić information content (AvgIpc) is 2.17. The van der Waals surface area contributed by atoms with Gasteiger partial charge in [-0.05, 0) is 25.8 Å². The van der Waals surface area contributed by atoms with Gasteiger partial charge in [0.05, 0.1) is 5.75 Å². The lowest BCUT2D eigenvalue weighted by Gasteiger charge is -2.09. The first-order valence-corrected chi connectivity index (χ1v) is 8.66. The first-order valence-electron chi connectivity index (χ1n) is 5.38. The number of sulfonamides is 1. The van der Waals surface area contributed by atoms with Gasteiger partial charge in [-0.15, -0.1) is 0 Å². The molecule has 0 bridgehead atoms. The van der Waals surface area contributed by atoms with E-state index in [1.807, 2.05) is 6.92 Å². The Kier molecular flexibility index (Phi) is 8.17. The third-order valence-corrected chi connectivity index (χ3v) is 5.15. The normalized spacial score (nSPS) is 15.9. The molecule has 16 heavy (non-hydrogen) atoms. The summed E-state index contributed by atoms with van der Waals surface area (Å²) in [6, 6.07) is 0. The lowest BCUT2D eigenvalue weighted by atomic mass is 10.3. The van der Waals surface area contributed by atoms with Crippen molar-refractivity contribution in [2.24, 2.45) is 5.73 Å². The molecule has 0 aromatic carbocycles. The molecule has 0 rings (SSSR count). The molecule has 98 valence electrons. The van der Waals surface area contributed by atoms with Crippen molar-refractivity contribution in [1.29, 1.82) is 0 Å². The maximum atomic E-state index is 11.4. The second-order valence-electron chi connectivity index (χ2n) is 3.81. The summed E-state index contributed by atoms with van der Waals surface area (Å²) in [7, 11) is -4.08. The summed E-state index contributed by atoms with van der Waals surface area (Å²) >= 11 is 0. The SMILES string of the molecule is CC(CCNS(=O)(=O)CCCCN)S(C)=O. The monoisotopic (exact) mass is 270 g/mol. The molecule has 2 atom stereocenters. The zero-order valence-corrected chi connectivity index (χ0v) is 11.6. The molecule has 7 heteroatoms. The number of hydrogen-bond acceptors (Lipinski definition) is 4. The fraction of sp³-hybridized carbons (Fsp3) is 1.00. The summed E-state index contributed by atoms with van der Waals surface area (Å²) in [6.45, 7) is 2.71. The quantitative estimate of drug-likeness (QED) is 0.568. The third kappa shape index (κ3) is 8.20. The number of rotatable bonds is 9. The van der Waals surface area contributed by atoms with Gasteiger partial charge in [-0.1, -0.05) is 6.92 Å². The molecule has 0 saturated carbocycles. The van der Waals surface area contributed by atoms with Crippen LogP contribution in [0.3, 0.4) is 0 Å². The van der Waals surface area contributed by atoms with Crippen LogP contribution in [0.1, 0.15) is 26.2 Å². The first kappa shape index (κ1) is 16.0. The average molecular weight is 270 g/mol. The molecule has 0 aromatic heterocycles. The molecule has 0 fully saturated rings. The van der Waals surface area contributed by atoms with Crippen LogP contribution in [0.2, 0.25) is 0 Å². The highest BCUT2D eigenvalue weighted by Crippen LogP contribution is 1.99. The number of hydrogen-bond donors (Lipinski definition) is 2. The molecule has 5 nitrogen and oxygen atoms in total. The lowest BCUT2D eigenvalue weighted by molar-refractivity contribution is 0.574. The van der Waals surface area contributed by atoms with Crippen molar-refractivity contribution in [3.63, 3.8) is 0 Å². The van der Waals surface area contributed by atoms with Gasteiger partial charge >= 0.3 is 0 Å². The molecule has 0 radical (unpaired) electrons. The molecular weight excluding hydrogens is 248 g/mol. The van der Waals surface area contributed by atoms with Crippen molar-refractivity contribution < 1.29 is 12.6 Å². The van der Waals surface area contributed by atoms with Crippen LogP contribution in [-0.2, 0) is 20.8 Å². The van der Waals surface area contributed by atoms with Gasteiger partial charge in [0.2, 0.25) is 10.0 Å². The maximum Gasteiger partial charge on any atom is 0.211 e. The van der Waals surface area contributed by atoms with E-state index in [9.17, 15) is 12.6 Å². The topological polar surface area (TPSA) is 89.3 Å². The second kappa shape index (κ2) is 8.16. The van der Waals surface area contributed by atoms with E-state index in [2.05, 4.69) is 4.72 Å². The Balaban J connectivity index is 3.78. The largest absolute Gasteiger partial charge is 0.330 e. The van der Waals surface area contributed by atoms with Gasteiger partial charge < -0.3 is 5.73 Å². The Morgan fingerprint density at radius 1 is 1.38 bits per heavy atom. The van der Waals surface area contributed by atoms with E-state index < -0.39 is 20.8 Å². The van der Waals surface area contributed by atoms with Crippen molar-refractivity contribution in [3.8, 4) is 0 Å². The number of nitrogens with two attached hydrogens (primary N) is 1. The predicted octanol–water partition coefficient (Wildman–Crippen LogP) is -0.198. The minimum absolute atomic E-state index is 0.0201. The van der Waals surface area contributed by atoms with E-state index in [-0.39, 0.29) is 11.0 Å². The molecule has 0 amide bonds. The fourth-order valence-corrected chi connectivity index (χ4v) is 2.70. The van der Waals surface area contributed by atoms with Crippen LogP contribution in [0.15, 0.2) is 0 Å². The second-order valence-corrected chi connectivity index (χ2v) is 7.54. The summed E-state index contributed by atoms with van der Waals surface area (Å²) < 4.78 is 36.4. The highest BCUT2D eigenvalue weighted by Gasteiger charge is 2.11. The molecule has 0 heterocycles. The van der Waals surface area contributed by atoms with Crippen LogP contribution in [-0.4, -0.2) is 43.0 Å². The standard InChI is InChI=1S/C9H22N2O3S2/c1-9(15(2)12)5-7-11-16(13,14)8-4-3-6-10/h9,11H,3-8,10H2,1-2H3. The highest BCUT2D eigenvalue weighted by molar-refractivity contribution is 7.89. The zero-order valence-electron chi connectivity index (χ0n) is 9.94. The molecule has 0 saturated heterocycles. The third-order valence-electron chi connectivity index (χ3n) is 2.31. The van der Waals surface area contributed by atoms with Crippen molar-refractivity contribution >= 4 is 20.8 Å². The van der Waals surface area contributed by atoms with Crippen LogP contribution >= 0.6 is 0 Å². The van der Waals surface area contributed by atoms with Crippen molar-refractivity contribution in [3.05, 3.63) is 0 Å². The molecule has 0 aliphatic heterocycles. The van der Waals surface area contributed by atoms with Gasteiger partial charge in [-0.3, -0.25) is 4.21 Å². The number of nitrogens with one attached hydrogen (secondary N) is 1. The van der Waals surface area contributed by atoms with E-state index in [0.29, 0.717) is 25.9 Å². The van der Waals surface area contributed by atoms with Gasteiger partial charge in [0.15, 0.2) is 0 Å². The Hall–Kier alpha value is 0.0200. The van der Waals surface area contributed by atoms with Crippen LogP contribution in [0.4, 0.5) is 0 Å². The van der Waals surface area contributed by atoms with Gasteiger partial charge in [-0.25, -0.2) is 13.1 Å². The maximum absolute atomic E-state index is 11.4. The minimum atomic E-state index is -3.18. The molecule has 0 aliphatic rings. The van der Waals surface area contributed by atoms with Crippen molar-refractivity contribution in [1.82, 2.24) is 4.72 Å². The van der Waals surface area contributed by atoms with Crippen LogP contribution in [0.5, 0.6) is 0 Å².